The Balaban J connectivity index is 1.72. The molecule has 1 aromatic carbocycles. The molecule has 3 aliphatic rings. The van der Waals surface area contributed by atoms with Crippen molar-refractivity contribution in [3.63, 3.8) is 0 Å². The Hall–Kier alpha value is -2.49. The van der Waals surface area contributed by atoms with Crippen LogP contribution in [0.15, 0.2) is 18.2 Å². The first kappa shape index (κ1) is 35.4. The summed E-state index contributed by atoms with van der Waals surface area (Å²) in [6.45, 7) is 24.7. The quantitative estimate of drug-likeness (QED) is 0.311. The molecule has 45 heavy (non-hydrogen) atoms. The van der Waals surface area contributed by atoms with Crippen LogP contribution in [0.25, 0.3) is 0 Å². The molecule has 1 aromatic rings. The minimum atomic E-state index is -0.713. The standard InChI is InChI=1S/C36H57N3O6/c1-31(2)18-13-19-32(3,4)37(31)43-28(40)25-16-17-26(29(41)44-38-33(5,6)20-14-21-34(38,7)8)27(24-25)30(42)45-39-35(9,10)22-15-23-36(39,11)12/h16-17,24H,13-15,18-23H2,1-12H3. The van der Waals surface area contributed by atoms with E-state index in [1.807, 2.05) is 27.7 Å². The smallest absolute Gasteiger partial charge is 0.357 e. The SMILES string of the molecule is CC1(C)CCCC(C)(C)N1OC(=O)c1ccc(C(=O)ON2C(C)(C)CCCC2(C)C)c(C(=O)ON2C(C)(C)CCCC2(C)C)c1. The summed E-state index contributed by atoms with van der Waals surface area (Å²) >= 11 is 0. The van der Waals surface area contributed by atoms with E-state index in [2.05, 4.69) is 55.4 Å². The van der Waals surface area contributed by atoms with Gasteiger partial charge in [0.1, 0.15) is 0 Å². The van der Waals surface area contributed by atoms with Crippen molar-refractivity contribution in [2.24, 2.45) is 0 Å². The summed E-state index contributed by atoms with van der Waals surface area (Å²) in [5.41, 5.74) is -2.16. The van der Waals surface area contributed by atoms with Crippen LogP contribution in [0, 0.1) is 0 Å². The highest BCUT2D eigenvalue weighted by atomic mass is 16.7. The van der Waals surface area contributed by atoms with Crippen molar-refractivity contribution >= 4 is 17.9 Å². The zero-order valence-corrected chi connectivity index (χ0v) is 29.9. The van der Waals surface area contributed by atoms with E-state index >= 15 is 0 Å². The van der Waals surface area contributed by atoms with Crippen LogP contribution in [0.2, 0.25) is 0 Å². The van der Waals surface area contributed by atoms with E-state index in [4.69, 9.17) is 14.5 Å². The van der Waals surface area contributed by atoms with E-state index < -0.39 is 40.1 Å². The third kappa shape index (κ3) is 7.25. The highest BCUT2D eigenvalue weighted by Gasteiger charge is 2.47. The van der Waals surface area contributed by atoms with Gasteiger partial charge in [-0.2, -0.15) is 0 Å². The number of hydrogen-bond donors (Lipinski definition) is 0. The average Bonchev–Trinajstić information content (AvgIpc) is 2.89. The van der Waals surface area contributed by atoms with E-state index in [-0.39, 0.29) is 27.8 Å². The number of carbonyl (C=O) groups excluding carboxylic acids is 3. The number of hydroxylamine groups is 6. The molecule has 0 aliphatic carbocycles. The summed E-state index contributed by atoms with van der Waals surface area (Å²) in [7, 11) is 0. The van der Waals surface area contributed by atoms with Crippen molar-refractivity contribution in [2.45, 2.75) is 174 Å². The summed E-state index contributed by atoms with van der Waals surface area (Å²) in [6.07, 6.45) is 8.28. The molecule has 3 aliphatic heterocycles. The van der Waals surface area contributed by atoms with Crippen LogP contribution in [-0.4, -0.2) is 66.3 Å². The second kappa shape index (κ2) is 11.9. The Morgan fingerprint density at radius 1 is 0.467 bits per heavy atom. The molecule has 252 valence electrons. The highest BCUT2D eigenvalue weighted by Crippen LogP contribution is 2.41. The van der Waals surface area contributed by atoms with Crippen LogP contribution in [0.3, 0.4) is 0 Å². The molecule has 9 heteroatoms. The molecule has 9 nitrogen and oxygen atoms in total. The Kier molecular flexibility index (Phi) is 9.39. The van der Waals surface area contributed by atoms with Crippen LogP contribution in [0.4, 0.5) is 0 Å². The fourth-order valence-corrected chi connectivity index (χ4v) is 8.09. The maximum atomic E-state index is 14.1. The molecule has 0 aromatic heterocycles. The van der Waals surface area contributed by atoms with E-state index in [0.717, 1.165) is 57.8 Å². The molecule has 0 amide bonds. The zero-order valence-electron chi connectivity index (χ0n) is 29.9. The lowest BCUT2D eigenvalue weighted by atomic mass is 9.82. The van der Waals surface area contributed by atoms with Crippen molar-refractivity contribution in [3.8, 4) is 0 Å². The molecular formula is C36H57N3O6. The number of nitrogens with zero attached hydrogens (tertiary/aromatic N) is 3. The third-order valence-electron chi connectivity index (χ3n) is 10.2. The van der Waals surface area contributed by atoms with Gasteiger partial charge in [-0.05, 0) is 159 Å². The van der Waals surface area contributed by atoms with Crippen LogP contribution in [0.5, 0.6) is 0 Å². The molecule has 0 radical (unpaired) electrons. The first-order chi connectivity index (χ1) is 20.5. The molecule has 3 fully saturated rings. The minimum Gasteiger partial charge on any atom is -0.363 e. The Bertz CT molecular complexity index is 1260. The summed E-state index contributed by atoms with van der Waals surface area (Å²) in [4.78, 5) is 60.0. The van der Waals surface area contributed by atoms with Gasteiger partial charge in [0.05, 0.1) is 49.9 Å². The van der Waals surface area contributed by atoms with Gasteiger partial charge in [-0.1, -0.05) is 0 Å². The van der Waals surface area contributed by atoms with Gasteiger partial charge in [0.25, 0.3) is 0 Å². The maximum Gasteiger partial charge on any atom is 0.357 e. The van der Waals surface area contributed by atoms with Gasteiger partial charge in [0.15, 0.2) is 0 Å². The average molecular weight is 628 g/mol. The van der Waals surface area contributed by atoms with Crippen LogP contribution in [-0.2, 0) is 14.5 Å². The van der Waals surface area contributed by atoms with Gasteiger partial charge in [0.2, 0.25) is 0 Å². The molecule has 0 unspecified atom stereocenters. The van der Waals surface area contributed by atoms with Crippen molar-refractivity contribution in [1.82, 2.24) is 15.2 Å². The summed E-state index contributed by atoms with van der Waals surface area (Å²) in [5.74, 6) is -1.97. The lowest BCUT2D eigenvalue weighted by molar-refractivity contribution is -0.242. The number of carbonyl (C=O) groups is 3. The number of rotatable bonds is 6. The van der Waals surface area contributed by atoms with Crippen molar-refractivity contribution in [3.05, 3.63) is 34.9 Å². The molecule has 0 atom stereocenters. The van der Waals surface area contributed by atoms with Crippen LogP contribution < -0.4 is 0 Å². The highest BCUT2D eigenvalue weighted by molar-refractivity contribution is 6.05. The monoisotopic (exact) mass is 627 g/mol. The zero-order chi connectivity index (χ0) is 33.8. The predicted molar refractivity (Wildman–Crippen MR) is 174 cm³/mol. The lowest BCUT2D eigenvalue weighted by Gasteiger charge is -2.50. The van der Waals surface area contributed by atoms with Gasteiger partial charge in [-0.25, -0.2) is 14.4 Å². The Morgan fingerprint density at radius 2 is 0.756 bits per heavy atom. The van der Waals surface area contributed by atoms with E-state index in [9.17, 15) is 14.4 Å². The van der Waals surface area contributed by atoms with Crippen molar-refractivity contribution in [1.29, 1.82) is 0 Å². The second-order valence-corrected chi connectivity index (χ2v) is 17.2. The summed E-state index contributed by atoms with van der Waals surface area (Å²) < 4.78 is 0. The summed E-state index contributed by atoms with van der Waals surface area (Å²) in [5, 5.41) is 5.30. The third-order valence-corrected chi connectivity index (χ3v) is 10.2. The maximum absolute atomic E-state index is 14.1. The minimum absolute atomic E-state index is 0.0311. The topological polar surface area (TPSA) is 88.6 Å². The van der Waals surface area contributed by atoms with Gasteiger partial charge in [-0.15, -0.1) is 15.2 Å². The molecule has 3 heterocycles. The van der Waals surface area contributed by atoms with E-state index in [0.29, 0.717) is 0 Å². The van der Waals surface area contributed by atoms with Crippen molar-refractivity contribution in [2.75, 3.05) is 0 Å². The second-order valence-electron chi connectivity index (χ2n) is 17.2. The molecule has 4 rings (SSSR count). The molecule has 0 N–H and O–H groups in total. The number of benzene rings is 1. The normalized spacial score (nSPS) is 25.6. The van der Waals surface area contributed by atoms with Crippen LogP contribution in [0.1, 0.15) is 172 Å². The molecule has 0 saturated carbocycles. The van der Waals surface area contributed by atoms with E-state index in [1.54, 1.807) is 15.2 Å². The van der Waals surface area contributed by atoms with E-state index in [1.165, 1.54) is 18.2 Å². The first-order valence-electron chi connectivity index (χ1n) is 16.7. The van der Waals surface area contributed by atoms with Gasteiger partial charge in [0, 0.05) is 0 Å². The predicted octanol–water partition coefficient (Wildman–Crippen LogP) is 8.03. The fourth-order valence-electron chi connectivity index (χ4n) is 8.09. The molecule has 0 spiro atoms. The molecule has 3 saturated heterocycles. The van der Waals surface area contributed by atoms with Crippen LogP contribution >= 0.6 is 0 Å². The fraction of sp³-hybridized carbons (Fsp3) is 0.750. The summed E-state index contributed by atoms with van der Waals surface area (Å²) in [6, 6.07) is 4.43. The van der Waals surface area contributed by atoms with Crippen molar-refractivity contribution < 1.29 is 28.9 Å². The molecular weight excluding hydrogens is 570 g/mol. The Labute approximate surface area is 270 Å². The number of hydrogen-bond acceptors (Lipinski definition) is 9. The number of piperidine rings is 3. The largest absolute Gasteiger partial charge is 0.363 e. The van der Waals surface area contributed by atoms with Gasteiger partial charge in [-0.3, -0.25) is 0 Å². The lowest BCUT2D eigenvalue weighted by Crippen LogP contribution is -2.59. The molecule has 0 bridgehead atoms. The first-order valence-corrected chi connectivity index (χ1v) is 16.7. The van der Waals surface area contributed by atoms with Gasteiger partial charge >= 0.3 is 17.9 Å². The van der Waals surface area contributed by atoms with Gasteiger partial charge < -0.3 is 14.5 Å². The Morgan fingerprint density at radius 3 is 1.09 bits per heavy atom.